The minimum Gasteiger partial charge on any atom is -0.487 e. The van der Waals surface area contributed by atoms with Crippen molar-refractivity contribution < 1.29 is 9.53 Å². The molecule has 0 saturated carbocycles. The van der Waals surface area contributed by atoms with Gasteiger partial charge in [-0.1, -0.05) is 53.0 Å². The number of rotatable bonds is 9. The fourth-order valence-electron chi connectivity index (χ4n) is 3.72. The number of hydrazone groups is 1. The molecule has 1 amide bonds. The zero-order valence-corrected chi connectivity index (χ0v) is 28.2. The molecule has 0 bridgehead atoms. The van der Waals surface area contributed by atoms with Crippen LogP contribution in [-0.2, 0) is 6.61 Å². The number of benzene rings is 4. The molecule has 0 spiro atoms. The van der Waals surface area contributed by atoms with Gasteiger partial charge in [0.15, 0.2) is 5.13 Å². The highest BCUT2D eigenvalue weighted by atomic mass is 127. The summed E-state index contributed by atoms with van der Waals surface area (Å²) in [5.41, 5.74) is 7.36. The van der Waals surface area contributed by atoms with Crippen LogP contribution in [0.15, 0.2) is 93.8 Å². The van der Waals surface area contributed by atoms with Crippen LogP contribution in [0.25, 0.3) is 11.3 Å². The van der Waals surface area contributed by atoms with Gasteiger partial charge in [0.2, 0.25) is 0 Å². The number of nitrogens with zero attached hydrogens (tertiary/aromatic N) is 2. The number of carbonyl (C=O) groups excluding carboxylic acids is 1. The number of ether oxygens (including phenoxy) is 1. The van der Waals surface area contributed by atoms with Gasteiger partial charge in [-0.2, -0.15) is 5.10 Å². The van der Waals surface area contributed by atoms with Gasteiger partial charge in [0.05, 0.1) is 30.0 Å². The molecule has 0 aliphatic heterocycles. The Morgan fingerprint density at radius 3 is 2.48 bits per heavy atom. The Hall–Kier alpha value is -2.67. The second kappa shape index (κ2) is 14.2. The Morgan fingerprint density at radius 1 is 1.00 bits per heavy atom. The van der Waals surface area contributed by atoms with Gasteiger partial charge in [-0.15, -0.1) is 11.3 Å². The molecule has 5 aromatic rings. The predicted molar refractivity (Wildman–Crippen MR) is 185 cm³/mol. The van der Waals surface area contributed by atoms with E-state index in [0.29, 0.717) is 33.0 Å². The third kappa shape index (κ3) is 8.03. The summed E-state index contributed by atoms with van der Waals surface area (Å²) >= 11 is 25.3. The Kier molecular flexibility index (Phi) is 10.4. The molecule has 0 fully saturated rings. The monoisotopic (exact) mass is 810 g/mol. The summed E-state index contributed by atoms with van der Waals surface area (Å²) in [6.07, 6.45) is 1.58. The first-order valence-corrected chi connectivity index (χ1v) is 16.1. The third-order valence-electron chi connectivity index (χ3n) is 5.81. The third-order valence-corrected chi connectivity index (χ3v) is 8.95. The molecule has 1 aromatic heterocycles. The van der Waals surface area contributed by atoms with Crippen LogP contribution >= 0.6 is 84.7 Å². The molecule has 212 valence electrons. The summed E-state index contributed by atoms with van der Waals surface area (Å²) < 4.78 is 7.63. The second-order valence-electron chi connectivity index (χ2n) is 8.80. The van der Waals surface area contributed by atoms with Crippen molar-refractivity contribution in [3.63, 3.8) is 0 Å². The lowest BCUT2D eigenvalue weighted by Crippen LogP contribution is -2.17. The molecule has 2 N–H and O–H groups in total. The van der Waals surface area contributed by atoms with Gasteiger partial charge < -0.3 is 10.1 Å². The molecule has 0 saturated heterocycles. The van der Waals surface area contributed by atoms with Gasteiger partial charge in [0.25, 0.3) is 5.91 Å². The standard InChI is InChI=1S/C30H19BrCl3IN4O2S/c31-23-11-18(13-26(35)28(23)41-15-17-1-10-24(33)25(34)12-17)14-36-39-29(40)20-4-2-19(3-5-20)27-16-42-30(38-27)37-22-8-6-21(32)7-9-22/h1-14,16H,15H2,(H,37,38)(H,39,40)/b36-14-. The van der Waals surface area contributed by atoms with Gasteiger partial charge >= 0.3 is 0 Å². The van der Waals surface area contributed by atoms with E-state index in [9.17, 15) is 4.79 Å². The number of hydrogen-bond acceptors (Lipinski definition) is 6. The van der Waals surface area contributed by atoms with Gasteiger partial charge in [0, 0.05) is 27.2 Å². The van der Waals surface area contributed by atoms with Crippen molar-refractivity contribution in [2.24, 2.45) is 5.10 Å². The lowest BCUT2D eigenvalue weighted by Gasteiger charge is -2.12. The van der Waals surface area contributed by atoms with E-state index >= 15 is 0 Å². The Balaban J connectivity index is 1.16. The maximum absolute atomic E-state index is 12.7. The quantitative estimate of drug-likeness (QED) is 0.0883. The zero-order chi connectivity index (χ0) is 29.6. The van der Waals surface area contributed by atoms with E-state index in [1.165, 1.54) is 11.3 Å². The average Bonchev–Trinajstić information content (AvgIpc) is 3.44. The number of nitrogens with one attached hydrogen (secondary N) is 2. The number of carbonyl (C=O) groups is 1. The summed E-state index contributed by atoms with van der Waals surface area (Å²) in [6, 6.07) is 23.8. The van der Waals surface area contributed by atoms with Crippen LogP contribution < -0.4 is 15.5 Å². The Labute approximate surface area is 283 Å². The number of aromatic nitrogens is 1. The van der Waals surface area contributed by atoms with E-state index < -0.39 is 0 Å². The average molecular weight is 813 g/mol. The summed E-state index contributed by atoms with van der Waals surface area (Å²) in [4.78, 5) is 17.3. The largest absolute Gasteiger partial charge is 0.487 e. The first kappa shape index (κ1) is 30.8. The first-order valence-electron chi connectivity index (χ1n) is 12.2. The van der Waals surface area contributed by atoms with Crippen molar-refractivity contribution in [3.8, 4) is 17.0 Å². The van der Waals surface area contributed by atoms with E-state index in [1.54, 1.807) is 30.5 Å². The number of halogens is 5. The summed E-state index contributed by atoms with van der Waals surface area (Å²) in [6.45, 7) is 0.331. The topological polar surface area (TPSA) is 75.6 Å². The van der Waals surface area contributed by atoms with E-state index in [-0.39, 0.29) is 5.91 Å². The molecule has 0 aliphatic carbocycles. The smallest absolute Gasteiger partial charge is 0.271 e. The highest BCUT2D eigenvalue weighted by Crippen LogP contribution is 2.33. The zero-order valence-electron chi connectivity index (χ0n) is 21.4. The molecule has 12 heteroatoms. The van der Waals surface area contributed by atoms with E-state index in [4.69, 9.17) is 39.5 Å². The number of thiazole rings is 1. The van der Waals surface area contributed by atoms with Crippen LogP contribution in [0, 0.1) is 3.57 Å². The van der Waals surface area contributed by atoms with Gasteiger partial charge in [0.1, 0.15) is 12.4 Å². The van der Waals surface area contributed by atoms with Crippen molar-refractivity contribution in [1.82, 2.24) is 10.4 Å². The molecule has 5 rings (SSSR count). The summed E-state index contributed by atoms with van der Waals surface area (Å²) in [5, 5.41) is 11.8. The van der Waals surface area contributed by atoms with Crippen molar-refractivity contribution >= 4 is 108 Å². The van der Waals surface area contributed by atoms with E-state index in [0.717, 1.165) is 41.2 Å². The van der Waals surface area contributed by atoms with E-state index in [1.807, 2.05) is 60.0 Å². The summed E-state index contributed by atoms with van der Waals surface area (Å²) in [5.74, 6) is 0.368. The van der Waals surface area contributed by atoms with E-state index in [2.05, 4.69) is 59.3 Å². The van der Waals surface area contributed by atoms with Gasteiger partial charge in [-0.25, -0.2) is 10.4 Å². The molecule has 6 nitrogen and oxygen atoms in total. The SMILES string of the molecule is O=C(N/N=C\c1cc(Br)c(OCc2ccc(Cl)c(Cl)c2)c(I)c1)c1ccc(-c2csc(Nc3ccc(Cl)cc3)n2)cc1. The van der Waals surface area contributed by atoms with Crippen LogP contribution in [0.4, 0.5) is 10.8 Å². The maximum atomic E-state index is 12.7. The van der Waals surface area contributed by atoms with Crippen molar-refractivity contribution in [2.75, 3.05) is 5.32 Å². The lowest BCUT2D eigenvalue weighted by molar-refractivity contribution is 0.0955. The van der Waals surface area contributed by atoms with Crippen LogP contribution in [0.2, 0.25) is 15.1 Å². The number of amides is 1. The lowest BCUT2D eigenvalue weighted by atomic mass is 10.1. The van der Waals surface area contributed by atoms with Crippen LogP contribution in [-0.4, -0.2) is 17.1 Å². The second-order valence-corrected chi connectivity index (χ2v) is 12.9. The normalized spacial score (nSPS) is 11.1. The minimum absolute atomic E-state index is 0.323. The number of anilines is 2. The fourth-order valence-corrected chi connectivity index (χ4v) is 6.68. The molecular weight excluding hydrogens is 794 g/mol. The summed E-state index contributed by atoms with van der Waals surface area (Å²) in [7, 11) is 0. The highest BCUT2D eigenvalue weighted by molar-refractivity contribution is 14.1. The van der Waals surface area contributed by atoms with Crippen LogP contribution in [0.3, 0.4) is 0 Å². The molecule has 4 aromatic carbocycles. The van der Waals surface area contributed by atoms with Crippen molar-refractivity contribution in [2.45, 2.75) is 6.61 Å². The maximum Gasteiger partial charge on any atom is 0.271 e. The van der Waals surface area contributed by atoms with Crippen LogP contribution in [0.1, 0.15) is 21.5 Å². The first-order chi connectivity index (χ1) is 20.2. The highest BCUT2D eigenvalue weighted by Gasteiger charge is 2.11. The molecule has 42 heavy (non-hydrogen) atoms. The Bertz CT molecular complexity index is 1740. The molecule has 1 heterocycles. The Morgan fingerprint density at radius 2 is 1.76 bits per heavy atom. The van der Waals surface area contributed by atoms with Gasteiger partial charge in [-0.05, 0) is 110 Å². The molecule has 0 aliphatic rings. The molecular formula is C30H19BrCl3IN4O2S. The number of hydrogen-bond donors (Lipinski definition) is 2. The molecule has 0 unspecified atom stereocenters. The van der Waals surface area contributed by atoms with Gasteiger partial charge in [-0.3, -0.25) is 4.79 Å². The molecule has 0 radical (unpaired) electrons. The fraction of sp³-hybridized carbons (Fsp3) is 0.0333. The molecule has 0 atom stereocenters. The van der Waals surface area contributed by atoms with Crippen molar-refractivity contribution in [3.05, 3.63) is 124 Å². The minimum atomic E-state index is -0.323. The predicted octanol–water partition coefficient (Wildman–Crippen LogP) is 10.2. The van der Waals surface area contributed by atoms with Crippen LogP contribution in [0.5, 0.6) is 5.75 Å². The van der Waals surface area contributed by atoms with Crippen molar-refractivity contribution in [1.29, 1.82) is 0 Å².